The van der Waals surface area contributed by atoms with E-state index in [0.29, 0.717) is 60.9 Å². The van der Waals surface area contributed by atoms with Crippen LogP contribution in [0.15, 0.2) is 36.4 Å². The first kappa shape index (κ1) is 25.3. The van der Waals surface area contributed by atoms with Gasteiger partial charge in [-0.3, -0.25) is 9.59 Å². The highest BCUT2D eigenvalue weighted by atomic mass is 35.5. The maximum Gasteiger partial charge on any atom is 0.394 e. The van der Waals surface area contributed by atoms with Crippen LogP contribution in [0.4, 0.5) is 8.78 Å². The minimum absolute atomic E-state index is 0.0491. The molecule has 0 spiro atoms. The predicted octanol–water partition coefficient (Wildman–Crippen LogP) is 6.00. The van der Waals surface area contributed by atoms with E-state index < -0.39 is 18.0 Å². The fraction of sp³-hybridized carbons (Fsp3) is 0.360. The number of carboxylic acids is 1. The van der Waals surface area contributed by atoms with Crippen molar-refractivity contribution in [2.75, 3.05) is 13.1 Å². The zero-order chi connectivity index (χ0) is 25.5. The molecule has 186 valence electrons. The van der Waals surface area contributed by atoms with Gasteiger partial charge < -0.3 is 19.3 Å². The molecule has 4 rings (SSSR count). The average Bonchev–Trinajstić information content (AvgIpc) is 3.10. The highest BCUT2D eigenvalue weighted by Gasteiger charge is 2.29. The second kappa shape index (κ2) is 9.66. The summed E-state index contributed by atoms with van der Waals surface area (Å²) in [5.41, 5.74) is 2.39. The van der Waals surface area contributed by atoms with Gasteiger partial charge in [0.15, 0.2) is 0 Å². The van der Waals surface area contributed by atoms with Crippen LogP contribution in [-0.2, 0) is 18.3 Å². The number of fused-ring (bicyclic) bond motifs is 1. The summed E-state index contributed by atoms with van der Waals surface area (Å²) in [6, 6.07) is 9.83. The second-order valence-electron chi connectivity index (χ2n) is 8.79. The molecule has 10 heteroatoms. The number of benzene rings is 2. The molecule has 0 radical (unpaired) electrons. The van der Waals surface area contributed by atoms with Crippen LogP contribution in [0.2, 0.25) is 10.0 Å². The van der Waals surface area contributed by atoms with Crippen molar-refractivity contribution in [3.63, 3.8) is 0 Å². The first-order valence-electron chi connectivity index (χ1n) is 11.1. The standard InChI is InChI=1S/C25H24Cl2F2N2O4/c1-25(28,29)35-17-4-3-15-11-16(30(2)21(15)13-17)12-19-20(26)6-5-18(22(19)27)23(32)31-9-7-14(8-10-31)24(33)34/h3-6,11,13-14H,7-10,12H2,1-2H3,(H,33,34). The number of carboxylic acid groups (broad SMARTS) is 1. The SMILES string of the molecule is Cn1c(Cc2c(Cl)ccc(C(=O)N3CCC(C(=O)O)CC3)c2Cl)cc2ccc(OC(C)(F)F)cc21. The second-order valence-corrected chi connectivity index (χ2v) is 9.58. The number of amides is 1. The van der Waals surface area contributed by atoms with Gasteiger partial charge in [-0.25, -0.2) is 0 Å². The quantitative estimate of drug-likeness (QED) is 0.428. The molecule has 1 N–H and O–H groups in total. The molecule has 0 aliphatic carbocycles. The fourth-order valence-electron chi connectivity index (χ4n) is 4.41. The fourth-order valence-corrected chi connectivity index (χ4v) is 5.00. The van der Waals surface area contributed by atoms with Crippen LogP contribution >= 0.6 is 23.2 Å². The number of ether oxygens (including phenoxy) is 1. The summed E-state index contributed by atoms with van der Waals surface area (Å²) in [4.78, 5) is 26.0. The van der Waals surface area contributed by atoms with Gasteiger partial charge in [-0.15, -0.1) is 0 Å². The van der Waals surface area contributed by atoms with Crippen LogP contribution in [-0.4, -0.2) is 45.6 Å². The summed E-state index contributed by atoms with van der Waals surface area (Å²) in [6.45, 7) is 1.36. The number of aryl methyl sites for hydroxylation is 1. The predicted molar refractivity (Wildman–Crippen MR) is 130 cm³/mol. The number of hydrogen-bond donors (Lipinski definition) is 1. The van der Waals surface area contributed by atoms with Crippen LogP contribution in [0.5, 0.6) is 5.75 Å². The number of aliphatic carboxylic acids is 1. The smallest absolute Gasteiger partial charge is 0.394 e. The molecule has 0 unspecified atom stereocenters. The summed E-state index contributed by atoms with van der Waals surface area (Å²) in [5.74, 6) is -1.51. The van der Waals surface area contributed by atoms with E-state index in [1.807, 2.05) is 10.6 Å². The Labute approximate surface area is 211 Å². The van der Waals surface area contributed by atoms with Crippen LogP contribution in [0.3, 0.4) is 0 Å². The van der Waals surface area contributed by atoms with Crippen molar-refractivity contribution < 1.29 is 28.2 Å². The third-order valence-electron chi connectivity index (χ3n) is 6.32. The Morgan fingerprint density at radius 3 is 2.46 bits per heavy atom. The Morgan fingerprint density at radius 1 is 1.14 bits per heavy atom. The summed E-state index contributed by atoms with van der Waals surface area (Å²) in [5, 5.41) is 10.7. The van der Waals surface area contributed by atoms with Gasteiger partial charge in [0.25, 0.3) is 5.91 Å². The van der Waals surface area contributed by atoms with Crippen LogP contribution < -0.4 is 4.74 Å². The number of aromatic nitrogens is 1. The van der Waals surface area contributed by atoms with Crippen molar-refractivity contribution in [2.45, 2.75) is 32.3 Å². The van der Waals surface area contributed by atoms with Crippen LogP contribution in [0.25, 0.3) is 10.9 Å². The number of piperidine rings is 1. The third kappa shape index (κ3) is 5.38. The van der Waals surface area contributed by atoms with Gasteiger partial charge in [0.1, 0.15) is 5.75 Å². The lowest BCUT2D eigenvalue weighted by Crippen LogP contribution is -2.40. The minimum Gasteiger partial charge on any atom is -0.481 e. The van der Waals surface area contributed by atoms with Crippen molar-refractivity contribution in [1.29, 1.82) is 0 Å². The molecule has 1 amide bonds. The van der Waals surface area contributed by atoms with Gasteiger partial charge in [-0.1, -0.05) is 23.2 Å². The first-order valence-corrected chi connectivity index (χ1v) is 11.8. The van der Waals surface area contributed by atoms with Gasteiger partial charge in [0, 0.05) is 55.7 Å². The molecule has 6 nitrogen and oxygen atoms in total. The Bertz CT molecular complexity index is 1290. The lowest BCUT2D eigenvalue weighted by atomic mass is 9.96. The molecule has 2 heterocycles. The van der Waals surface area contributed by atoms with Crippen molar-refractivity contribution in [3.8, 4) is 5.75 Å². The average molecular weight is 525 g/mol. The van der Waals surface area contributed by atoms with Crippen LogP contribution in [0, 0.1) is 5.92 Å². The molecule has 0 bridgehead atoms. The Kier molecular flexibility index (Phi) is 6.97. The maximum atomic E-state index is 13.3. The number of rotatable bonds is 6. The first-order chi connectivity index (χ1) is 16.4. The van der Waals surface area contributed by atoms with Crippen LogP contribution in [0.1, 0.15) is 41.4 Å². The molecular weight excluding hydrogens is 501 g/mol. The molecule has 35 heavy (non-hydrogen) atoms. The lowest BCUT2D eigenvalue weighted by molar-refractivity contribution is -0.158. The zero-order valence-electron chi connectivity index (χ0n) is 19.2. The monoisotopic (exact) mass is 524 g/mol. The number of nitrogens with zero attached hydrogens (tertiary/aromatic N) is 2. The Morgan fingerprint density at radius 2 is 1.83 bits per heavy atom. The van der Waals surface area contributed by atoms with Crippen molar-refractivity contribution in [2.24, 2.45) is 13.0 Å². The van der Waals surface area contributed by atoms with E-state index in [0.717, 1.165) is 11.1 Å². The Balaban J connectivity index is 1.60. The highest BCUT2D eigenvalue weighted by Crippen LogP contribution is 2.34. The Hall–Kier alpha value is -2.84. The molecule has 1 aliphatic heterocycles. The number of carbonyl (C=O) groups excluding carboxylic acids is 1. The summed E-state index contributed by atoms with van der Waals surface area (Å²) < 4.78 is 33.1. The number of likely N-dealkylation sites (tertiary alicyclic amines) is 1. The van der Waals surface area contributed by atoms with Gasteiger partial charge in [0.2, 0.25) is 0 Å². The molecule has 1 fully saturated rings. The number of hydrogen-bond acceptors (Lipinski definition) is 3. The molecule has 1 aromatic heterocycles. The van der Waals surface area contributed by atoms with Crippen molar-refractivity contribution >= 4 is 46.0 Å². The maximum absolute atomic E-state index is 13.3. The summed E-state index contributed by atoms with van der Waals surface area (Å²) in [7, 11) is 1.80. The summed E-state index contributed by atoms with van der Waals surface area (Å²) >= 11 is 13.1. The zero-order valence-corrected chi connectivity index (χ0v) is 20.7. The van der Waals surface area contributed by atoms with Gasteiger partial charge in [0.05, 0.1) is 22.0 Å². The van der Waals surface area contributed by atoms with E-state index in [1.54, 1.807) is 36.2 Å². The van der Waals surface area contributed by atoms with E-state index in [2.05, 4.69) is 4.74 Å². The van der Waals surface area contributed by atoms with Gasteiger partial charge in [-0.05, 0) is 48.7 Å². The highest BCUT2D eigenvalue weighted by molar-refractivity contribution is 6.38. The van der Waals surface area contributed by atoms with Crippen molar-refractivity contribution in [3.05, 3.63) is 63.3 Å². The molecule has 0 saturated carbocycles. The molecular formula is C25H24Cl2F2N2O4. The van der Waals surface area contributed by atoms with Gasteiger partial charge >= 0.3 is 12.1 Å². The van der Waals surface area contributed by atoms with E-state index in [4.69, 9.17) is 23.2 Å². The van der Waals surface area contributed by atoms with Crippen molar-refractivity contribution in [1.82, 2.24) is 9.47 Å². The third-order valence-corrected chi connectivity index (χ3v) is 7.10. The number of alkyl halides is 2. The topological polar surface area (TPSA) is 71.8 Å². The number of carbonyl (C=O) groups is 2. The van der Waals surface area contributed by atoms with E-state index in [1.165, 1.54) is 6.07 Å². The normalized spacial score (nSPS) is 15.0. The number of halogens is 4. The molecule has 3 aromatic rings. The van der Waals surface area contributed by atoms with E-state index >= 15 is 0 Å². The molecule has 1 aliphatic rings. The largest absolute Gasteiger partial charge is 0.481 e. The minimum atomic E-state index is -3.29. The lowest BCUT2D eigenvalue weighted by Gasteiger charge is -2.30. The van der Waals surface area contributed by atoms with E-state index in [-0.39, 0.29) is 16.7 Å². The van der Waals surface area contributed by atoms with E-state index in [9.17, 15) is 23.5 Å². The molecule has 2 aromatic carbocycles. The molecule has 0 atom stereocenters. The summed E-state index contributed by atoms with van der Waals surface area (Å²) in [6.07, 6.45) is -2.20. The molecule has 1 saturated heterocycles. The van der Waals surface area contributed by atoms with Gasteiger partial charge in [-0.2, -0.15) is 8.78 Å².